The molecule has 1 amide bonds. The number of aromatic nitrogens is 1. The maximum Gasteiger partial charge on any atom is 0.327 e. The summed E-state index contributed by atoms with van der Waals surface area (Å²) in [4.78, 5) is 32.9. The Kier molecular flexibility index (Phi) is 6.46. The molecule has 1 atom stereocenters. The van der Waals surface area contributed by atoms with Crippen molar-refractivity contribution in [1.82, 2.24) is 14.8 Å². The van der Waals surface area contributed by atoms with E-state index in [2.05, 4.69) is 20.9 Å². The summed E-state index contributed by atoms with van der Waals surface area (Å²) in [7, 11) is 1.37. The van der Waals surface area contributed by atoms with Crippen LogP contribution in [0.4, 0.5) is 0 Å². The lowest BCUT2D eigenvalue weighted by molar-refractivity contribution is -0.148. The second-order valence-electron chi connectivity index (χ2n) is 6.17. The molecule has 0 saturated carbocycles. The minimum Gasteiger partial charge on any atom is -0.468 e. The zero-order valence-electron chi connectivity index (χ0n) is 14.8. The number of amides is 1. The Hall–Kier alpha value is -1.96. The van der Waals surface area contributed by atoms with Gasteiger partial charge in [-0.15, -0.1) is 0 Å². The van der Waals surface area contributed by atoms with Gasteiger partial charge in [0.25, 0.3) is 5.91 Å². The van der Waals surface area contributed by atoms with Crippen molar-refractivity contribution in [2.24, 2.45) is 0 Å². The largest absolute Gasteiger partial charge is 0.468 e. The van der Waals surface area contributed by atoms with Crippen LogP contribution in [0.5, 0.6) is 0 Å². The molecule has 27 heavy (non-hydrogen) atoms. The van der Waals surface area contributed by atoms with Gasteiger partial charge in [0.15, 0.2) is 0 Å². The number of hydrogen-bond donors (Lipinski definition) is 0. The first-order valence-electron chi connectivity index (χ1n) is 8.47. The van der Waals surface area contributed by atoms with Crippen LogP contribution >= 0.6 is 27.5 Å². The molecule has 3 rings (SSSR count). The van der Waals surface area contributed by atoms with E-state index in [0.717, 1.165) is 4.47 Å². The van der Waals surface area contributed by atoms with Gasteiger partial charge in [0, 0.05) is 48.1 Å². The molecule has 1 aliphatic rings. The quantitative estimate of drug-likeness (QED) is 0.667. The van der Waals surface area contributed by atoms with E-state index in [1.807, 2.05) is 23.1 Å². The van der Waals surface area contributed by atoms with Crippen molar-refractivity contribution in [2.75, 3.05) is 33.3 Å². The Morgan fingerprint density at radius 2 is 1.89 bits per heavy atom. The van der Waals surface area contributed by atoms with Crippen molar-refractivity contribution in [3.8, 4) is 0 Å². The third kappa shape index (κ3) is 4.48. The summed E-state index contributed by atoms with van der Waals surface area (Å²) in [5, 5.41) is 0.520. The molecule has 0 spiro atoms. The molecule has 2 heterocycles. The molecule has 0 N–H and O–H groups in total. The average Bonchev–Trinajstić information content (AvgIpc) is 2.69. The van der Waals surface area contributed by atoms with Crippen LogP contribution in [0.25, 0.3) is 0 Å². The second kappa shape index (κ2) is 8.82. The first kappa shape index (κ1) is 19.8. The Morgan fingerprint density at radius 1 is 1.19 bits per heavy atom. The van der Waals surface area contributed by atoms with Crippen molar-refractivity contribution in [3.63, 3.8) is 0 Å². The monoisotopic (exact) mass is 451 g/mol. The van der Waals surface area contributed by atoms with E-state index in [0.29, 0.717) is 42.3 Å². The highest BCUT2D eigenvalue weighted by atomic mass is 79.9. The van der Waals surface area contributed by atoms with Crippen molar-refractivity contribution >= 4 is 39.4 Å². The summed E-state index contributed by atoms with van der Waals surface area (Å²) in [6, 6.07) is 8.41. The fourth-order valence-electron chi connectivity index (χ4n) is 3.18. The van der Waals surface area contributed by atoms with Crippen LogP contribution in [0.3, 0.4) is 0 Å². The SMILES string of the molecule is COC(=O)C(c1ccccc1Cl)N1CCN(C(=O)c2cncc(Br)c2)CC1. The topological polar surface area (TPSA) is 62.7 Å². The van der Waals surface area contributed by atoms with Crippen molar-refractivity contribution in [1.29, 1.82) is 0 Å². The first-order chi connectivity index (χ1) is 13.0. The average molecular weight is 453 g/mol. The summed E-state index contributed by atoms with van der Waals surface area (Å²) in [6.45, 7) is 2.09. The Labute approximate surface area is 171 Å². The van der Waals surface area contributed by atoms with Gasteiger partial charge in [-0.2, -0.15) is 0 Å². The molecule has 0 radical (unpaired) electrons. The molecule has 142 valence electrons. The molecule has 1 unspecified atom stereocenters. The number of ether oxygens (including phenoxy) is 1. The Balaban J connectivity index is 1.73. The van der Waals surface area contributed by atoms with Gasteiger partial charge in [0.05, 0.1) is 12.7 Å². The number of pyridine rings is 1. The Morgan fingerprint density at radius 3 is 2.52 bits per heavy atom. The van der Waals surface area contributed by atoms with Gasteiger partial charge in [-0.3, -0.25) is 14.7 Å². The van der Waals surface area contributed by atoms with Gasteiger partial charge in [0.1, 0.15) is 6.04 Å². The third-order valence-corrected chi connectivity index (χ3v) is 5.32. The fraction of sp³-hybridized carbons (Fsp3) is 0.316. The zero-order valence-corrected chi connectivity index (χ0v) is 17.1. The number of nitrogens with zero attached hydrogens (tertiary/aromatic N) is 3. The van der Waals surface area contributed by atoms with E-state index in [4.69, 9.17) is 16.3 Å². The van der Waals surface area contributed by atoms with Crippen molar-refractivity contribution in [3.05, 3.63) is 63.3 Å². The van der Waals surface area contributed by atoms with Crippen molar-refractivity contribution < 1.29 is 14.3 Å². The minimum atomic E-state index is -0.589. The van der Waals surface area contributed by atoms with Crippen LogP contribution in [-0.4, -0.2) is 59.9 Å². The number of esters is 1. The number of halogens is 2. The molecule has 1 aromatic heterocycles. The molecule has 8 heteroatoms. The highest BCUT2D eigenvalue weighted by Gasteiger charge is 2.33. The third-order valence-electron chi connectivity index (χ3n) is 4.54. The number of rotatable bonds is 4. The zero-order chi connectivity index (χ0) is 19.4. The molecule has 0 aliphatic carbocycles. The van der Waals surface area contributed by atoms with Gasteiger partial charge < -0.3 is 9.64 Å². The summed E-state index contributed by atoms with van der Waals surface area (Å²) in [5.74, 6) is -0.435. The van der Waals surface area contributed by atoms with E-state index < -0.39 is 6.04 Å². The maximum absolute atomic E-state index is 12.7. The predicted molar refractivity (Wildman–Crippen MR) is 106 cm³/mol. The number of carbonyl (C=O) groups excluding carboxylic acids is 2. The summed E-state index contributed by atoms with van der Waals surface area (Å²) >= 11 is 9.64. The number of benzene rings is 1. The van der Waals surface area contributed by atoms with E-state index >= 15 is 0 Å². The van der Waals surface area contributed by atoms with Crippen LogP contribution < -0.4 is 0 Å². The van der Waals surface area contributed by atoms with Crippen LogP contribution in [0.2, 0.25) is 5.02 Å². The van der Waals surface area contributed by atoms with Gasteiger partial charge in [-0.1, -0.05) is 29.8 Å². The molecule has 2 aromatic rings. The lowest BCUT2D eigenvalue weighted by Crippen LogP contribution is -2.51. The molecule has 1 aromatic carbocycles. The number of methoxy groups -OCH3 is 1. The number of carbonyl (C=O) groups is 2. The summed E-state index contributed by atoms with van der Waals surface area (Å²) in [6.07, 6.45) is 3.19. The highest BCUT2D eigenvalue weighted by molar-refractivity contribution is 9.10. The van der Waals surface area contributed by atoms with Gasteiger partial charge in [0.2, 0.25) is 0 Å². The van der Waals surface area contributed by atoms with Gasteiger partial charge in [-0.25, -0.2) is 4.79 Å². The molecule has 0 bridgehead atoms. The van der Waals surface area contributed by atoms with Crippen LogP contribution in [-0.2, 0) is 9.53 Å². The lowest BCUT2D eigenvalue weighted by Gasteiger charge is -2.38. The summed E-state index contributed by atoms with van der Waals surface area (Å²) in [5.41, 5.74) is 1.25. The van der Waals surface area contributed by atoms with Crippen LogP contribution in [0.1, 0.15) is 22.0 Å². The molecule has 1 saturated heterocycles. The van der Waals surface area contributed by atoms with Crippen LogP contribution in [0.15, 0.2) is 47.2 Å². The molecule has 1 fully saturated rings. The number of piperazine rings is 1. The van der Waals surface area contributed by atoms with Crippen molar-refractivity contribution in [2.45, 2.75) is 6.04 Å². The minimum absolute atomic E-state index is 0.0733. The second-order valence-corrected chi connectivity index (χ2v) is 7.49. The number of hydrogen-bond acceptors (Lipinski definition) is 5. The van der Waals surface area contributed by atoms with E-state index in [1.54, 1.807) is 29.4 Å². The molecular weight excluding hydrogens is 434 g/mol. The fourth-order valence-corrected chi connectivity index (χ4v) is 3.78. The standard InChI is InChI=1S/C19H19BrClN3O3/c1-27-19(26)17(15-4-2-3-5-16(15)21)23-6-8-24(9-7-23)18(25)13-10-14(20)12-22-11-13/h2-5,10-12,17H,6-9H2,1H3. The normalized spacial score (nSPS) is 16.0. The molecule has 6 nitrogen and oxygen atoms in total. The smallest absolute Gasteiger partial charge is 0.327 e. The molecule has 1 aliphatic heterocycles. The van der Waals surface area contributed by atoms with E-state index in [1.165, 1.54) is 7.11 Å². The lowest BCUT2D eigenvalue weighted by atomic mass is 10.0. The molecular formula is C19H19BrClN3O3. The summed E-state index contributed by atoms with van der Waals surface area (Å²) < 4.78 is 5.76. The Bertz CT molecular complexity index is 840. The van der Waals surface area contributed by atoms with E-state index in [9.17, 15) is 9.59 Å². The maximum atomic E-state index is 12.7. The predicted octanol–water partition coefficient (Wildman–Crippen LogP) is 3.17. The highest BCUT2D eigenvalue weighted by Crippen LogP contribution is 2.29. The first-order valence-corrected chi connectivity index (χ1v) is 9.64. The van der Waals surface area contributed by atoms with Gasteiger partial charge in [-0.05, 0) is 33.6 Å². The van der Waals surface area contributed by atoms with Gasteiger partial charge >= 0.3 is 5.97 Å². The van der Waals surface area contributed by atoms with E-state index in [-0.39, 0.29) is 11.9 Å². The van der Waals surface area contributed by atoms with Crippen LogP contribution in [0, 0.1) is 0 Å².